The Hall–Kier alpha value is -1.34. The molecule has 23 heavy (non-hydrogen) atoms. The van der Waals surface area contributed by atoms with Crippen LogP contribution < -0.4 is 10.6 Å². The summed E-state index contributed by atoms with van der Waals surface area (Å²) in [7, 11) is -2.91. The summed E-state index contributed by atoms with van der Waals surface area (Å²) in [6.07, 6.45) is 0.615. The molecule has 1 heterocycles. The predicted molar refractivity (Wildman–Crippen MR) is 102 cm³/mol. The van der Waals surface area contributed by atoms with Gasteiger partial charge in [0, 0.05) is 12.6 Å². The van der Waals surface area contributed by atoms with Crippen molar-refractivity contribution in [1.29, 1.82) is 5.26 Å². The van der Waals surface area contributed by atoms with Crippen LogP contribution in [-0.2, 0) is 16.4 Å². The minimum atomic E-state index is -2.91. The van der Waals surface area contributed by atoms with Crippen molar-refractivity contribution in [3.63, 3.8) is 0 Å². The van der Waals surface area contributed by atoms with Gasteiger partial charge in [-0.25, -0.2) is 13.4 Å². The molecular weight excluding hydrogens is 427 g/mol. The minimum absolute atomic E-state index is 0. The molecule has 1 unspecified atom stereocenters. The van der Waals surface area contributed by atoms with E-state index in [4.69, 9.17) is 5.26 Å². The Morgan fingerprint density at radius 3 is 2.61 bits per heavy atom. The van der Waals surface area contributed by atoms with Crippen molar-refractivity contribution < 1.29 is 8.42 Å². The molecule has 8 heteroatoms. The number of guanidine groups is 1. The van der Waals surface area contributed by atoms with E-state index in [0.717, 1.165) is 5.56 Å². The van der Waals surface area contributed by atoms with Crippen LogP contribution in [0.15, 0.2) is 29.3 Å². The molecule has 0 amide bonds. The molecule has 0 spiro atoms. The first-order valence-corrected chi connectivity index (χ1v) is 9.09. The summed E-state index contributed by atoms with van der Waals surface area (Å²) < 4.78 is 23.0. The lowest BCUT2D eigenvalue weighted by Gasteiger charge is -2.15. The maximum atomic E-state index is 11.5. The first kappa shape index (κ1) is 19.7. The van der Waals surface area contributed by atoms with Crippen LogP contribution in [-0.4, -0.2) is 38.5 Å². The number of nitriles is 1. The highest BCUT2D eigenvalue weighted by atomic mass is 127. The molecule has 6 nitrogen and oxygen atoms in total. The molecule has 2 rings (SSSR count). The third kappa shape index (κ3) is 6.35. The molecule has 1 saturated heterocycles. The molecule has 1 aromatic carbocycles. The van der Waals surface area contributed by atoms with E-state index in [1.54, 1.807) is 12.1 Å². The lowest BCUT2D eigenvalue weighted by Crippen LogP contribution is -2.44. The summed E-state index contributed by atoms with van der Waals surface area (Å²) in [6.45, 7) is 3.14. The van der Waals surface area contributed by atoms with Crippen molar-refractivity contribution >= 4 is 39.8 Å². The molecule has 0 aliphatic carbocycles. The zero-order chi connectivity index (χ0) is 16.0. The quantitative estimate of drug-likeness (QED) is 0.413. The van der Waals surface area contributed by atoms with Gasteiger partial charge in [-0.15, -0.1) is 24.0 Å². The lowest BCUT2D eigenvalue weighted by atomic mass is 10.1. The molecule has 0 radical (unpaired) electrons. The van der Waals surface area contributed by atoms with Crippen molar-refractivity contribution in [2.75, 3.05) is 18.1 Å². The minimum Gasteiger partial charge on any atom is -0.357 e. The van der Waals surface area contributed by atoms with Crippen LogP contribution >= 0.6 is 24.0 Å². The van der Waals surface area contributed by atoms with E-state index in [1.165, 1.54) is 0 Å². The van der Waals surface area contributed by atoms with Gasteiger partial charge in [0.1, 0.15) is 0 Å². The molecular formula is C15H21IN4O2S. The zero-order valence-corrected chi connectivity index (χ0v) is 16.1. The van der Waals surface area contributed by atoms with E-state index >= 15 is 0 Å². The Morgan fingerprint density at radius 1 is 1.39 bits per heavy atom. The van der Waals surface area contributed by atoms with E-state index in [2.05, 4.69) is 21.7 Å². The van der Waals surface area contributed by atoms with Gasteiger partial charge in [0.25, 0.3) is 0 Å². The van der Waals surface area contributed by atoms with Gasteiger partial charge in [-0.1, -0.05) is 12.1 Å². The fourth-order valence-electron chi connectivity index (χ4n) is 2.28. The number of halogens is 1. The molecule has 1 atom stereocenters. The first-order valence-electron chi connectivity index (χ1n) is 7.26. The lowest BCUT2D eigenvalue weighted by molar-refractivity contribution is 0.599. The van der Waals surface area contributed by atoms with E-state index < -0.39 is 9.84 Å². The number of hydrogen-bond donors (Lipinski definition) is 2. The van der Waals surface area contributed by atoms with Gasteiger partial charge in [-0.3, -0.25) is 0 Å². The van der Waals surface area contributed by atoms with E-state index in [-0.39, 0.29) is 41.5 Å². The number of hydrogen-bond acceptors (Lipinski definition) is 4. The smallest absolute Gasteiger partial charge is 0.191 e. The second kappa shape index (κ2) is 9.08. The third-order valence-electron chi connectivity index (χ3n) is 3.42. The molecule has 126 valence electrons. The van der Waals surface area contributed by atoms with Crippen LogP contribution in [0.5, 0.6) is 0 Å². The number of sulfone groups is 1. The Bertz CT molecular complexity index is 680. The van der Waals surface area contributed by atoms with Crippen LogP contribution in [0.25, 0.3) is 0 Å². The van der Waals surface area contributed by atoms with Crippen molar-refractivity contribution in [2.24, 2.45) is 4.99 Å². The molecule has 1 fully saturated rings. The highest BCUT2D eigenvalue weighted by Crippen LogP contribution is 2.11. The van der Waals surface area contributed by atoms with Crippen LogP contribution in [0.1, 0.15) is 24.5 Å². The SMILES string of the molecule is CCNC(=NCc1ccc(C#N)cc1)NC1CCS(=O)(=O)C1.I. The van der Waals surface area contributed by atoms with Crippen molar-refractivity contribution in [3.05, 3.63) is 35.4 Å². The molecule has 0 saturated carbocycles. The summed E-state index contributed by atoms with van der Waals surface area (Å²) in [5, 5.41) is 15.1. The maximum Gasteiger partial charge on any atom is 0.191 e. The molecule has 1 aliphatic rings. The van der Waals surface area contributed by atoms with Crippen LogP contribution in [0.3, 0.4) is 0 Å². The monoisotopic (exact) mass is 448 g/mol. The topological polar surface area (TPSA) is 94.3 Å². The van der Waals surface area contributed by atoms with Crippen molar-refractivity contribution in [3.8, 4) is 6.07 Å². The third-order valence-corrected chi connectivity index (χ3v) is 5.19. The highest BCUT2D eigenvalue weighted by Gasteiger charge is 2.28. The number of rotatable bonds is 4. The summed E-state index contributed by atoms with van der Waals surface area (Å²) >= 11 is 0. The van der Waals surface area contributed by atoms with Gasteiger partial charge in [-0.2, -0.15) is 5.26 Å². The van der Waals surface area contributed by atoms with Gasteiger partial charge in [0.15, 0.2) is 15.8 Å². The van der Waals surface area contributed by atoms with Crippen molar-refractivity contribution in [2.45, 2.75) is 25.9 Å². The number of benzene rings is 1. The standard InChI is InChI=1S/C15H20N4O2S.HI/c1-2-17-15(19-14-7-8-22(20,21)11-14)18-10-13-5-3-12(9-16)4-6-13;/h3-6,14H,2,7-8,10-11H2,1H3,(H2,17,18,19);1H. The second-order valence-electron chi connectivity index (χ2n) is 5.25. The van der Waals surface area contributed by atoms with Gasteiger partial charge in [0.05, 0.1) is 29.7 Å². The largest absolute Gasteiger partial charge is 0.357 e. The summed E-state index contributed by atoms with van der Waals surface area (Å²) in [5.74, 6) is 1.02. The first-order chi connectivity index (χ1) is 10.5. The maximum absolute atomic E-state index is 11.5. The average Bonchev–Trinajstić information content (AvgIpc) is 2.84. The molecule has 0 aromatic heterocycles. The zero-order valence-electron chi connectivity index (χ0n) is 12.9. The van der Waals surface area contributed by atoms with Crippen LogP contribution in [0, 0.1) is 11.3 Å². The van der Waals surface area contributed by atoms with Gasteiger partial charge in [-0.05, 0) is 31.0 Å². The fraction of sp³-hybridized carbons (Fsp3) is 0.467. The number of nitrogens with zero attached hydrogens (tertiary/aromatic N) is 2. The van der Waals surface area contributed by atoms with Gasteiger partial charge >= 0.3 is 0 Å². The molecule has 0 bridgehead atoms. The number of nitrogens with one attached hydrogen (secondary N) is 2. The Morgan fingerprint density at radius 2 is 2.09 bits per heavy atom. The summed E-state index contributed by atoms with van der Waals surface area (Å²) in [4.78, 5) is 4.47. The van der Waals surface area contributed by atoms with Crippen LogP contribution in [0.2, 0.25) is 0 Å². The van der Waals surface area contributed by atoms with Crippen molar-refractivity contribution in [1.82, 2.24) is 10.6 Å². The summed E-state index contributed by atoms with van der Waals surface area (Å²) in [5.41, 5.74) is 1.61. The summed E-state index contributed by atoms with van der Waals surface area (Å²) in [6, 6.07) is 9.25. The van der Waals surface area contributed by atoms with E-state index in [0.29, 0.717) is 31.0 Å². The Kier molecular flexibility index (Phi) is 7.78. The molecule has 2 N–H and O–H groups in total. The predicted octanol–water partition coefficient (Wildman–Crippen LogP) is 1.42. The van der Waals surface area contributed by atoms with Gasteiger partial charge < -0.3 is 10.6 Å². The molecule has 1 aromatic rings. The number of aliphatic imine (C=N–C) groups is 1. The van der Waals surface area contributed by atoms with E-state index in [1.807, 2.05) is 19.1 Å². The normalized spacial score (nSPS) is 19.5. The Labute approximate surface area is 154 Å². The Balaban J connectivity index is 0.00000264. The van der Waals surface area contributed by atoms with Gasteiger partial charge in [0.2, 0.25) is 0 Å². The average molecular weight is 448 g/mol. The van der Waals surface area contributed by atoms with E-state index in [9.17, 15) is 8.42 Å². The molecule has 1 aliphatic heterocycles. The fourth-order valence-corrected chi connectivity index (χ4v) is 3.95. The second-order valence-corrected chi connectivity index (χ2v) is 7.48. The highest BCUT2D eigenvalue weighted by molar-refractivity contribution is 14.0. The van der Waals surface area contributed by atoms with Crippen LogP contribution in [0.4, 0.5) is 0 Å².